The van der Waals surface area contributed by atoms with Crippen molar-refractivity contribution in [3.8, 4) is 0 Å². The largest absolute Gasteiger partial charge is 0.388 e. The Labute approximate surface area is 124 Å². The van der Waals surface area contributed by atoms with E-state index in [2.05, 4.69) is 10.6 Å². The Kier molecular flexibility index (Phi) is 4.96. The lowest BCUT2D eigenvalue weighted by molar-refractivity contribution is -0.119. The van der Waals surface area contributed by atoms with Crippen LogP contribution in [0.4, 0.5) is 0 Å². The summed E-state index contributed by atoms with van der Waals surface area (Å²) in [6.07, 6.45) is 3.54. The second-order valence-electron chi connectivity index (χ2n) is 5.72. The van der Waals surface area contributed by atoms with Crippen molar-refractivity contribution in [2.45, 2.75) is 44.8 Å². The number of aliphatic hydroxyl groups is 1. The van der Waals surface area contributed by atoms with Crippen LogP contribution in [0.25, 0.3) is 0 Å². The topological polar surface area (TPSA) is 78.4 Å². The summed E-state index contributed by atoms with van der Waals surface area (Å²) in [7, 11) is 0. The van der Waals surface area contributed by atoms with Crippen LogP contribution in [0.5, 0.6) is 0 Å². The molecule has 0 saturated heterocycles. The summed E-state index contributed by atoms with van der Waals surface area (Å²) in [5.74, 6) is -0.261. The third-order valence-corrected chi connectivity index (χ3v) is 3.87. The second-order valence-corrected chi connectivity index (χ2v) is 5.72. The fraction of sp³-hybridized carbons (Fsp3) is 0.500. The van der Waals surface area contributed by atoms with Crippen LogP contribution in [0.3, 0.4) is 0 Å². The van der Waals surface area contributed by atoms with Gasteiger partial charge >= 0.3 is 0 Å². The van der Waals surface area contributed by atoms with Crippen LogP contribution < -0.4 is 10.6 Å². The summed E-state index contributed by atoms with van der Waals surface area (Å²) < 4.78 is 0. The Balaban J connectivity index is 1.86. The van der Waals surface area contributed by atoms with Crippen LogP contribution in [0.15, 0.2) is 24.3 Å². The van der Waals surface area contributed by atoms with E-state index in [1.54, 1.807) is 12.1 Å². The third-order valence-electron chi connectivity index (χ3n) is 3.87. The Morgan fingerprint density at radius 2 is 1.76 bits per heavy atom. The predicted octanol–water partition coefficient (Wildman–Crippen LogP) is 1.36. The molecule has 1 aromatic carbocycles. The van der Waals surface area contributed by atoms with Gasteiger partial charge in [0, 0.05) is 25.6 Å². The van der Waals surface area contributed by atoms with Gasteiger partial charge in [-0.05, 0) is 30.5 Å². The lowest BCUT2D eigenvalue weighted by Crippen LogP contribution is -2.40. The van der Waals surface area contributed by atoms with E-state index in [1.165, 1.54) is 6.92 Å². The molecule has 1 aliphatic rings. The first-order valence-electron chi connectivity index (χ1n) is 7.32. The lowest BCUT2D eigenvalue weighted by Gasteiger charge is -2.22. The Hall–Kier alpha value is -1.88. The minimum absolute atomic E-state index is 0.0818. The van der Waals surface area contributed by atoms with Crippen molar-refractivity contribution in [1.82, 2.24) is 10.6 Å². The van der Waals surface area contributed by atoms with Gasteiger partial charge in [-0.3, -0.25) is 9.59 Å². The maximum absolute atomic E-state index is 12.0. The molecular formula is C16H22N2O3. The molecule has 2 amide bonds. The summed E-state index contributed by atoms with van der Waals surface area (Å²) in [5, 5.41) is 15.7. The van der Waals surface area contributed by atoms with Crippen LogP contribution in [0.2, 0.25) is 0 Å². The molecule has 0 atom stereocenters. The van der Waals surface area contributed by atoms with E-state index >= 15 is 0 Å². The molecule has 5 heteroatoms. The van der Waals surface area contributed by atoms with Gasteiger partial charge in [0.25, 0.3) is 5.91 Å². The van der Waals surface area contributed by atoms with Gasteiger partial charge in [0.1, 0.15) is 0 Å². The van der Waals surface area contributed by atoms with Gasteiger partial charge in [0.2, 0.25) is 5.91 Å². The summed E-state index contributed by atoms with van der Waals surface area (Å²) in [4.78, 5) is 22.9. The number of rotatable bonds is 5. The minimum Gasteiger partial charge on any atom is -0.388 e. The summed E-state index contributed by atoms with van der Waals surface area (Å²) in [5.41, 5.74) is 0.764. The first-order chi connectivity index (χ1) is 9.98. The van der Waals surface area contributed by atoms with Crippen molar-refractivity contribution >= 4 is 11.8 Å². The smallest absolute Gasteiger partial charge is 0.251 e. The quantitative estimate of drug-likeness (QED) is 0.766. The number of nitrogens with one attached hydrogen (secondary N) is 2. The average molecular weight is 290 g/mol. The van der Waals surface area contributed by atoms with Gasteiger partial charge in [-0.2, -0.15) is 0 Å². The summed E-state index contributed by atoms with van der Waals surface area (Å²) in [6, 6.07) is 7.08. The molecule has 3 N–H and O–H groups in total. The molecule has 0 spiro atoms. The van der Waals surface area contributed by atoms with Gasteiger partial charge in [-0.25, -0.2) is 0 Å². The zero-order valence-electron chi connectivity index (χ0n) is 12.3. The summed E-state index contributed by atoms with van der Waals surface area (Å²) in [6.45, 7) is 2.23. The molecule has 0 radical (unpaired) electrons. The van der Waals surface area contributed by atoms with Crippen molar-refractivity contribution in [3.63, 3.8) is 0 Å². The minimum atomic E-state index is -0.735. The number of hydrogen-bond acceptors (Lipinski definition) is 3. The average Bonchev–Trinajstić information content (AvgIpc) is 2.90. The monoisotopic (exact) mass is 290 g/mol. The van der Waals surface area contributed by atoms with Gasteiger partial charge in [-0.1, -0.05) is 25.0 Å². The molecule has 0 heterocycles. The molecule has 2 rings (SSSR count). The van der Waals surface area contributed by atoms with E-state index in [9.17, 15) is 14.7 Å². The number of carbonyl (C=O) groups excluding carboxylic acids is 2. The fourth-order valence-electron chi connectivity index (χ4n) is 2.56. The molecule has 0 bridgehead atoms. The highest BCUT2D eigenvalue weighted by Crippen LogP contribution is 2.28. The molecule has 1 fully saturated rings. The molecule has 0 unspecified atom stereocenters. The van der Waals surface area contributed by atoms with Gasteiger partial charge in [0.15, 0.2) is 0 Å². The summed E-state index contributed by atoms with van der Waals surface area (Å²) >= 11 is 0. The number of benzene rings is 1. The molecular weight excluding hydrogens is 268 g/mol. The van der Waals surface area contributed by atoms with Crippen molar-refractivity contribution in [1.29, 1.82) is 0 Å². The third kappa shape index (κ3) is 4.56. The van der Waals surface area contributed by atoms with Gasteiger partial charge in [-0.15, -0.1) is 0 Å². The van der Waals surface area contributed by atoms with E-state index < -0.39 is 5.60 Å². The number of hydrogen-bond donors (Lipinski definition) is 3. The Morgan fingerprint density at radius 1 is 1.14 bits per heavy atom. The maximum atomic E-state index is 12.0. The SMILES string of the molecule is CC(=O)NCc1ccc(C(=O)NCC2(O)CCCC2)cc1. The molecule has 21 heavy (non-hydrogen) atoms. The molecule has 1 aliphatic carbocycles. The van der Waals surface area contributed by atoms with Crippen molar-refractivity contribution in [3.05, 3.63) is 35.4 Å². The molecule has 1 saturated carbocycles. The predicted molar refractivity (Wildman–Crippen MR) is 79.7 cm³/mol. The lowest BCUT2D eigenvalue weighted by atomic mass is 10.0. The van der Waals surface area contributed by atoms with E-state index in [1.807, 2.05) is 12.1 Å². The van der Waals surface area contributed by atoms with Crippen molar-refractivity contribution < 1.29 is 14.7 Å². The van der Waals surface area contributed by atoms with E-state index in [0.29, 0.717) is 18.7 Å². The molecule has 114 valence electrons. The highest BCUT2D eigenvalue weighted by atomic mass is 16.3. The van der Waals surface area contributed by atoms with Crippen molar-refractivity contribution in [2.24, 2.45) is 0 Å². The first kappa shape index (κ1) is 15.5. The molecule has 0 aliphatic heterocycles. The maximum Gasteiger partial charge on any atom is 0.251 e. The molecule has 5 nitrogen and oxygen atoms in total. The Morgan fingerprint density at radius 3 is 2.33 bits per heavy atom. The van der Waals surface area contributed by atoms with Crippen LogP contribution in [-0.4, -0.2) is 29.1 Å². The normalized spacial score (nSPS) is 16.5. The number of carbonyl (C=O) groups is 2. The number of amides is 2. The van der Waals surface area contributed by atoms with Crippen LogP contribution in [0.1, 0.15) is 48.5 Å². The van der Waals surface area contributed by atoms with E-state index in [-0.39, 0.29) is 11.8 Å². The van der Waals surface area contributed by atoms with Gasteiger partial charge in [0.05, 0.1) is 5.60 Å². The molecule has 1 aromatic rings. The zero-order valence-corrected chi connectivity index (χ0v) is 12.3. The zero-order chi connectivity index (χ0) is 15.3. The van der Waals surface area contributed by atoms with E-state index in [4.69, 9.17) is 0 Å². The molecule has 0 aromatic heterocycles. The highest BCUT2D eigenvalue weighted by molar-refractivity contribution is 5.94. The van der Waals surface area contributed by atoms with Crippen molar-refractivity contribution in [2.75, 3.05) is 6.54 Å². The fourth-order valence-corrected chi connectivity index (χ4v) is 2.56. The Bertz CT molecular complexity index is 505. The second kappa shape index (κ2) is 6.72. The standard InChI is InChI=1S/C16H22N2O3/c1-12(19)17-10-13-4-6-14(7-5-13)15(20)18-11-16(21)8-2-3-9-16/h4-7,21H,2-3,8-11H2,1H3,(H,17,19)(H,18,20). The van der Waals surface area contributed by atoms with Crippen LogP contribution in [0, 0.1) is 0 Å². The first-order valence-corrected chi connectivity index (χ1v) is 7.32. The van der Waals surface area contributed by atoms with Gasteiger partial charge < -0.3 is 15.7 Å². The van der Waals surface area contributed by atoms with Crippen LogP contribution >= 0.6 is 0 Å². The van der Waals surface area contributed by atoms with E-state index in [0.717, 1.165) is 31.2 Å². The van der Waals surface area contributed by atoms with Crippen LogP contribution in [-0.2, 0) is 11.3 Å². The highest BCUT2D eigenvalue weighted by Gasteiger charge is 2.31.